The fourth-order valence-corrected chi connectivity index (χ4v) is 3.29. The minimum atomic E-state index is -1.72. The summed E-state index contributed by atoms with van der Waals surface area (Å²) in [6, 6.07) is 6.50. The molecule has 0 spiro atoms. The zero-order valence-corrected chi connectivity index (χ0v) is 19.0. The van der Waals surface area contributed by atoms with Gasteiger partial charge in [0.05, 0.1) is 4.90 Å². The van der Waals surface area contributed by atoms with Gasteiger partial charge in [0.15, 0.2) is 11.0 Å². The molecule has 0 aliphatic heterocycles. The molecule has 3 atom stereocenters. The molecule has 0 fully saturated rings. The molecule has 0 radical (unpaired) electrons. The molecule has 1 aromatic rings. The summed E-state index contributed by atoms with van der Waals surface area (Å²) in [7, 11) is -1.72. The Bertz CT molecular complexity index is 720. The summed E-state index contributed by atoms with van der Waals surface area (Å²) in [6.45, 7) is 15.2. The topological polar surface area (TPSA) is 84.5 Å². The van der Waals surface area contributed by atoms with Crippen molar-refractivity contribution >= 4 is 23.0 Å². The molecule has 0 aromatic heterocycles. The zero-order chi connectivity index (χ0) is 21.7. The molecule has 0 aliphatic carbocycles. The van der Waals surface area contributed by atoms with E-state index in [1.165, 1.54) is 0 Å². The largest absolute Gasteiger partial charge is 0.444 e. The Balaban J connectivity index is 2.93. The summed E-state index contributed by atoms with van der Waals surface area (Å²) in [5, 5.41) is 2.61. The first-order valence-corrected chi connectivity index (χ1v) is 10.7. The van der Waals surface area contributed by atoms with E-state index in [2.05, 4.69) is 30.8 Å². The van der Waals surface area contributed by atoms with Crippen molar-refractivity contribution < 1.29 is 18.5 Å². The first-order valence-electron chi connectivity index (χ1n) is 9.57. The molecule has 0 aliphatic rings. The van der Waals surface area contributed by atoms with Gasteiger partial charge in [-0.2, -0.15) is 0 Å². The van der Waals surface area contributed by atoms with Crippen LogP contribution in [-0.4, -0.2) is 27.9 Å². The minimum absolute atomic E-state index is 0.0955. The Morgan fingerprint density at radius 1 is 1.14 bits per heavy atom. The van der Waals surface area contributed by atoms with Crippen LogP contribution in [0.1, 0.15) is 67.4 Å². The van der Waals surface area contributed by atoms with E-state index in [-0.39, 0.29) is 11.3 Å². The van der Waals surface area contributed by atoms with Gasteiger partial charge in [-0.25, -0.2) is 9.00 Å². The van der Waals surface area contributed by atoms with Gasteiger partial charge in [-0.05, 0) is 49.8 Å². The molecule has 1 rings (SSSR count). The monoisotopic (exact) mass is 410 g/mol. The van der Waals surface area contributed by atoms with Gasteiger partial charge >= 0.3 is 6.09 Å². The summed E-state index contributed by atoms with van der Waals surface area (Å²) < 4.78 is 20.5. The maximum atomic E-state index is 12.7. The minimum Gasteiger partial charge on any atom is -0.444 e. The maximum absolute atomic E-state index is 12.7. The van der Waals surface area contributed by atoms with Crippen LogP contribution in [0.4, 0.5) is 4.79 Å². The summed E-state index contributed by atoms with van der Waals surface area (Å²) in [6.07, 6.45) is -0.00602. The van der Waals surface area contributed by atoms with Crippen LogP contribution in [0.15, 0.2) is 29.2 Å². The normalized spacial score (nSPS) is 15.3. The molecule has 6 nitrogen and oxygen atoms in total. The second-order valence-electron chi connectivity index (χ2n) is 9.02. The lowest BCUT2D eigenvalue weighted by Crippen LogP contribution is -2.51. The van der Waals surface area contributed by atoms with E-state index in [1.54, 1.807) is 26.8 Å². The number of benzene rings is 1. The lowest BCUT2D eigenvalue weighted by molar-refractivity contribution is -0.122. The molecule has 7 heteroatoms. The van der Waals surface area contributed by atoms with Crippen molar-refractivity contribution in [2.24, 2.45) is 5.92 Å². The molecule has 0 saturated heterocycles. The highest BCUT2D eigenvalue weighted by atomic mass is 32.2. The molecule has 0 heterocycles. The van der Waals surface area contributed by atoms with Crippen LogP contribution in [0.25, 0.3) is 0 Å². The Labute approximate surface area is 171 Å². The third-order valence-corrected chi connectivity index (χ3v) is 5.34. The van der Waals surface area contributed by atoms with Gasteiger partial charge in [0.25, 0.3) is 5.91 Å². The summed E-state index contributed by atoms with van der Waals surface area (Å²) in [5.74, 6) is -0.648. The number of carbonyl (C=O) groups is 2. The van der Waals surface area contributed by atoms with Crippen LogP contribution < -0.4 is 10.0 Å². The molecule has 28 heavy (non-hydrogen) atoms. The van der Waals surface area contributed by atoms with E-state index in [0.29, 0.717) is 11.3 Å². The summed E-state index contributed by atoms with van der Waals surface area (Å²) >= 11 is 0. The summed E-state index contributed by atoms with van der Waals surface area (Å²) in [5.41, 5.74) is 0.261. The third kappa shape index (κ3) is 7.62. The number of carbonyl (C=O) groups excluding carboxylic acids is 2. The van der Waals surface area contributed by atoms with Crippen molar-refractivity contribution in [2.45, 2.75) is 83.8 Å². The van der Waals surface area contributed by atoms with Crippen molar-refractivity contribution in [2.75, 3.05) is 0 Å². The van der Waals surface area contributed by atoms with Crippen molar-refractivity contribution in [3.05, 3.63) is 29.8 Å². The van der Waals surface area contributed by atoms with E-state index in [1.807, 2.05) is 32.0 Å². The molecule has 2 amide bonds. The number of ether oxygens (including phenoxy) is 1. The molecular weight excluding hydrogens is 376 g/mol. The van der Waals surface area contributed by atoms with Gasteiger partial charge in [0, 0.05) is 0 Å². The Hall–Kier alpha value is -1.89. The molecule has 1 unspecified atom stereocenters. The highest BCUT2D eigenvalue weighted by molar-refractivity contribution is 7.83. The number of alkyl carbamates (subject to hydrolysis) is 1. The van der Waals surface area contributed by atoms with Crippen molar-refractivity contribution in [3.63, 3.8) is 0 Å². The second kappa shape index (κ2) is 9.54. The van der Waals surface area contributed by atoms with E-state index in [0.717, 1.165) is 5.56 Å². The van der Waals surface area contributed by atoms with E-state index >= 15 is 0 Å². The number of hydrogen-bond donors (Lipinski definition) is 2. The standard InChI is InChI=1S/C21H34N2O4S/c1-9-14(2)17(22-19(25)27-21(6,7)8)18(24)23-28(26)16-12-10-11-15(13-16)20(3,4)5/h10-14,17H,9H2,1-8H3,(H,22,25)(H,23,24)/t14-,17-,28?/m0/s1. The quantitative estimate of drug-likeness (QED) is 0.741. The average Bonchev–Trinajstić information content (AvgIpc) is 2.56. The lowest BCUT2D eigenvalue weighted by Gasteiger charge is -2.26. The van der Waals surface area contributed by atoms with E-state index in [9.17, 15) is 13.8 Å². The van der Waals surface area contributed by atoms with Crippen LogP contribution in [0, 0.1) is 5.92 Å². The van der Waals surface area contributed by atoms with Gasteiger partial charge in [0.2, 0.25) is 0 Å². The Morgan fingerprint density at radius 3 is 2.25 bits per heavy atom. The van der Waals surface area contributed by atoms with Crippen LogP contribution in [0.5, 0.6) is 0 Å². The second-order valence-corrected chi connectivity index (χ2v) is 10.2. The maximum Gasteiger partial charge on any atom is 0.408 e. The van der Waals surface area contributed by atoms with Crippen LogP contribution in [-0.2, 0) is 25.9 Å². The van der Waals surface area contributed by atoms with Gasteiger partial charge in [-0.3, -0.25) is 9.52 Å². The zero-order valence-electron chi connectivity index (χ0n) is 18.2. The fourth-order valence-electron chi connectivity index (χ4n) is 2.43. The highest BCUT2D eigenvalue weighted by Gasteiger charge is 2.29. The van der Waals surface area contributed by atoms with Crippen molar-refractivity contribution in [1.29, 1.82) is 0 Å². The average molecular weight is 411 g/mol. The fraction of sp³-hybridized carbons (Fsp3) is 0.619. The predicted octanol–water partition coefficient (Wildman–Crippen LogP) is 4.06. The number of nitrogens with one attached hydrogen (secondary N) is 2. The van der Waals surface area contributed by atoms with Crippen molar-refractivity contribution in [1.82, 2.24) is 10.0 Å². The first-order chi connectivity index (χ1) is 12.7. The van der Waals surface area contributed by atoms with E-state index in [4.69, 9.17) is 4.74 Å². The van der Waals surface area contributed by atoms with Crippen LogP contribution in [0.3, 0.4) is 0 Å². The van der Waals surface area contributed by atoms with Crippen LogP contribution in [0.2, 0.25) is 0 Å². The van der Waals surface area contributed by atoms with Gasteiger partial charge in [-0.1, -0.05) is 53.2 Å². The Kier molecular flexibility index (Phi) is 8.23. The SMILES string of the molecule is CC[C@H](C)[C@H](NC(=O)OC(C)(C)C)C(=O)NS(=O)c1cccc(C(C)(C)C)c1. The summed E-state index contributed by atoms with van der Waals surface area (Å²) in [4.78, 5) is 25.4. The smallest absolute Gasteiger partial charge is 0.408 e. The van der Waals surface area contributed by atoms with Gasteiger partial charge in [-0.15, -0.1) is 0 Å². The predicted molar refractivity (Wildman–Crippen MR) is 112 cm³/mol. The number of hydrogen-bond acceptors (Lipinski definition) is 4. The van der Waals surface area contributed by atoms with Gasteiger partial charge < -0.3 is 10.1 Å². The Morgan fingerprint density at radius 2 is 1.75 bits per heavy atom. The van der Waals surface area contributed by atoms with Crippen molar-refractivity contribution in [3.8, 4) is 0 Å². The molecule has 158 valence electrons. The highest BCUT2D eigenvalue weighted by Crippen LogP contribution is 2.23. The van der Waals surface area contributed by atoms with Crippen LogP contribution >= 0.6 is 0 Å². The third-order valence-electron chi connectivity index (χ3n) is 4.28. The molecule has 1 aromatic carbocycles. The molecule has 0 bridgehead atoms. The molecular formula is C21H34N2O4S. The number of amides is 2. The molecule has 2 N–H and O–H groups in total. The molecule has 0 saturated carbocycles. The lowest BCUT2D eigenvalue weighted by atomic mass is 9.87. The van der Waals surface area contributed by atoms with E-state index < -0.39 is 34.6 Å². The first kappa shape index (κ1) is 24.1. The number of rotatable bonds is 6. The van der Waals surface area contributed by atoms with Gasteiger partial charge in [0.1, 0.15) is 11.6 Å².